The number of anilines is 2. The fourth-order valence-corrected chi connectivity index (χ4v) is 5.84. The molecule has 0 unspecified atom stereocenters. The van der Waals surface area contributed by atoms with Crippen molar-refractivity contribution in [2.45, 2.75) is 18.3 Å². The first-order chi connectivity index (χ1) is 15.9. The average Bonchev–Trinajstić information content (AvgIpc) is 3.35. The van der Waals surface area contributed by atoms with Crippen LogP contribution in [0, 0.1) is 18.6 Å². The highest BCUT2D eigenvalue weighted by Crippen LogP contribution is 2.54. The molecule has 5 nitrogen and oxygen atoms in total. The number of rotatable bonds is 3. The highest BCUT2D eigenvalue weighted by Gasteiger charge is 2.59. The number of carbonyl (C=O) groups excluding carboxylic acids is 2. The van der Waals surface area contributed by atoms with E-state index in [-0.39, 0.29) is 18.3 Å². The van der Waals surface area contributed by atoms with E-state index in [0.717, 1.165) is 0 Å². The molecule has 3 aromatic rings. The lowest BCUT2D eigenvalue weighted by atomic mass is 10.1. The fourth-order valence-electron chi connectivity index (χ4n) is 4.38. The van der Waals surface area contributed by atoms with Crippen LogP contribution in [0.3, 0.4) is 0 Å². The van der Waals surface area contributed by atoms with Crippen LogP contribution in [0.2, 0.25) is 0 Å². The Bertz CT molecular complexity index is 1270. The summed E-state index contributed by atoms with van der Waals surface area (Å²) in [4.78, 5) is 28.9. The summed E-state index contributed by atoms with van der Waals surface area (Å²) in [6, 6.07) is 17.6. The number of aryl methyl sites for hydroxylation is 1. The van der Waals surface area contributed by atoms with Gasteiger partial charge >= 0.3 is 6.03 Å². The van der Waals surface area contributed by atoms with E-state index in [2.05, 4.69) is 5.32 Å². The molecule has 1 N–H and O–H groups in total. The van der Waals surface area contributed by atoms with Gasteiger partial charge in [-0.15, -0.1) is 11.8 Å². The monoisotopic (exact) mass is 465 g/mol. The lowest BCUT2D eigenvalue weighted by molar-refractivity contribution is -0.123. The van der Waals surface area contributed by atoms with Crippen LogP contribution in [0.4, 0.5) is 25.0 Å². The van der Waals surface area contributed by atoms with E-state index in [1.807, 2.05) is 24.3 Å². The molecule has 2 heterocycles. The van der Waals surface area contributed by atoms with Crippen LogP contribution >= 0.6 is 11.8 Å². The zero-order valence-electron chi connectivity index (χ0n) is 17.8. The van der Waals surface area contributed by atoms with Crippen molar-refractivity contribution in [1.82, 2.24) is 4.90 Å². The molecule has 0 aromatic heterocycles. The molecule has 1 atom stereocenters. The molecule has 3 aromatic carbocycles. The zero-order valence-corrected chi connectivity index (χ0v) is 18.7. The quantitative estimate of drug-likeness (QED) is 0.575. The summed E-state index contributed by atoms with van der Waals surface area (Å²) >= 11 is 1.38. The van der Waals surface area contributed by atoms with Crippen LogP contribution in [0.25, 0.3) is 0 Å². The minimum atomic E-state index is -1.25. The molecule has 0 aliphatic carbocycles. The predicted molar refractivity (Wildman–Crippen MR) is 125 cm³/mol. The molecular formula is C25H21F2N3O2S. The Morgan fingerprint density at radius 2 is 1.82 bits per heavy atom. The number of halogens is 2. The Hall–Kier alpha value is -3.39. The van der Waals surface area contributed by atoms with Crippen LogP contribution in [-0.2, 0) is 16.2 Å². The number of para-hydroxylation sites is 1. The van der Waals surface area contributed by atoms with Gasteiger partial charge in [0.25, 0.3) is 5.91 Å². The van der Waals surface area contributed by atoms with Gasteiger partial charge in [-0.1, -0.05) is 42.5 Å². The Labute approximate surface area is 194 Å². The van der Waals surface area contributed by atoms with Gasteiger partial charge < -0.3 is 10.2 Å². The molecule has 5 rings (SSSR count). The third kappa shape index (κ3) is 3.45. The molecule has 1 spiro atoms. The number of fused-ring (bicyclic) bond motifs is 2. The first-order valence-corrected chi connectivity index (χ1v) is 11.5. The highest BCUT2D eigenvalue weighted by atomic mass is 32.2. The molecule has 0 bridgehead atoms. The Morgan fingerprint density at radius 3 is 2.61 bits per heavy atom. The summed E-state index contributed by atoms with van der Waals surface area (Å²) in [5.74, 6) is -0.543. The van der Waals surface area contributed by atoms with Crippen molar-refractivity contribution in [2.75, 3.05) is 22.5 Å². The molecule has 168 valence electrons. The number of hydrogen-bond acceptors (Lipinski definition) is 3. The second-order valence-electron chi connectivity index (χ2n) is 8.04. The van der Waals surface area contributed by atoms with Crippen molar-refractivity contribution >= 4 is 35.1 Å². The number of hydrogen-bond donors (Lipinski definition) is 1. The first-order valence-electron chi connectivity index (χ1n) is 10.6. The van der Waals surface area contributed by atoms with Crippen LogP contribution in [0.5, 0.6) is 0 Å². The smallest absolute Gasteiger partial charge is 0.308 e. The summed E-state index contributed by atoms with van der Waals surface area (Å²) in [7, 11) is 0. The summed E-state index contributed by atoms with van der Waals surface area (Å²) in [5, 5.41) is 2.73. The number of benzene rings is 3. The SMILES string of the molecule is Cc1ccc(NC(=O)N2CCS[C@@]23C(=O)N(Cc2ccccc2F)c2ccccc23)cc1F. The van der Waals surface area contributed by atoms with Gasteiger partial charge in [-0.25, -0.2) is 13.6 Å². The molecule has 0 radical (unpaired) electrons. The van der Waals surface area contributed by atoms with Gasteiger partial charge in [0, 0.05) is 29.1 Å². The van der Waals surface area contributed by atoms with Gasteiger partial charge in [-0.05, 0) is 36.8 Å². The minimum absolute atomic E-state index is 0.0590. The largest absolute Gasteiger partial charge is 0.323 e. The third-order valence-electron chi connectivity index (χ3n) is 6.06. The molecule has 2 aliphatic heterocycles. The lowest BCUT2D eigenvalue weighted by Gasteiger charge is -2.33. The van der Waals surface area contributed by atoms with E-state index in [1.54, 1.807) is 37.3 Å². The molecule has 2 aliphatic rings. The van der Waals surface area contributed by atoms with E-state index in [4.69, 9.17) is 0 Å². The molecule has 8 heteroatoms. The Morgan fingerprint density at radius 1 is 1.06 bits per heavy atom. The summed E-state index contributed by atoms with van der Waals surface area (Å²) in [5.41, 5.74) is 2.53. The summed E-state index contributed by atoms with van der Waals surface area (Å²) < 4.78 is 28.4. The van der Waals surface area contributed by atoms with Crippen molar-refractivity contribution in [3.63, 3.8) is 0 Å². The molecule has 1 fully saturated rings. The van der Waals surface area contributed by atoms with E-state index in [1.165, 1.54) is 33.7 Å². The zero-order chi connectivity index (χ0) is 23.2. The second-order valence-corrected chi connectivity index (χ2v) is 9.33. The second kappa shape index (κ2) is 8.19. The summed E-state index contributed by atoms with van der Waals surface area (Å²) in [6.07, 6.45) is 0. The Balaban J connectivity index is 1.51. The molecule has 33 heavy (non-hydrogen) atoms. The van der Waals surface area contributed by atoms with Crippen LogP contribution in [-0.4, -0.2) is 29.1 Å². The Kier molecular flexibility index (Phi) is 5.32. The number of carbonyl (C=O) groups is 2. The van der Waals surface area contributed by atoms with Gasteiger partial charge in [-0.3, -0.25) is 9.69 Å². The van der Waals surface area contributed by atoms with Crippen molar-refractivity contribution in [2.24, 2.45) is 0 Å². The van der Waals surface area contributed by atoms with E-state index in [0.29, 0.717) is 40.4 Å². The standard InChI is InChI=1S/C25H21F2N3O2S/c1-16-10-11-18(14-21(16)27)28-24(32)30-12-13-33-25(30)19-7-3-5-9-22(19)29(23(25)31)15-17-6-2-4-8-20(17)26/h2-11,14H,12-13,15H2,1H3,(H,28,32)/t25-/m0/s1. The normalized spacial score (nSPS) is 19.3. The van der Waals surface area contributed by atoms with Crippen molar-refractivity contribution in [3.05, 3.63) is 95.1 Å². The van der Waals surface area contributed by atoms with Gasteiger partial charge in [0.05, 0.1) is 12.2 Å². The lowest BCUT2D eigenvalue weighted by Crippen LogP contribution is -2.51. The van der Waals surface area contributed by atoms with Crippen LogP contribution in [0.15, 0.2) is 66.7 Å². The topological polar surface area (TPSA) is 52.7 Å². The van der Waals surface area contributed by atoms with E-state index in [9.17, 15) is 18.4 Å². The average molecular weight is 466 g/mol. The summed E-state index contributed by atoms with van der Waals surface area (Å²) in [6.45, 7) is 2.05. The maximum Gasteiger partial charge on any atom is 0.323 e. The highest BCUT2D eigenvalue weighted by molar-refractivity contribution is 8.01. The fraction of sp³-hybridized carbons (Fsp3) is 0.200. The number of amides is 3. The number of urea groups is 1. The minimum Gasteiger partial charge on any atom is -0.308 e. The van der Waals surface area contributed by atoms with Gasteiger partial charge in [0.2, 0.25) is 0 Å². The maximum atomic E-state index is 14.4. The number of thioether (sulfide) groups is 1. The van der Waals surface area contributed by atoms with Crippen LogP contribution < -0.4 is 10.2 Å². The third-order valence-corrected chi connectivity index (χ3v) is 7.47. The predicted octanol–water partition coefficient (Wildman–Crippen LogP) is 5.25. The van der Waals surface area contributed by atoms with Crippen molar-refractivity contribution in [1.29, 1.82) is 0 Å². The first kappa shape index (κ1) is 21.5. The number of nitrogens with zero attached hydrogens (tertiary/aromatic N) is 2. The molecule has 3 amide bonds. The molecule has 0 saturated carbocycles. The van der Waals surface area contributed by atoms with E-state index >= 15 is 0 Å². The molecule has 1 saturated heterocycles. The number of nitrogens with one attached hydrogen (secondary N) is 1. The van der Waals surface area contributed by atoms with Gasteiger partial charge in [0.15, 0.2) is 4.87 Å². The van der Waals surface area contributed by atoms with Crippen LogP contribution in [0.1, 0.15) is 16.7 Å². The molecular weight excluding hydrogens is 444 g/mol. The van der Waals surface area contributed by atoms with Gasteiger partial charge in [0.1, 0.15) is 11.6 Å². The van der Waals surface area contributed by atoms with Gasteiger partial charge in [-0.2, -0.15) is 0 Å². The van der Waals surface area contributed by atoms with E-state index < -0.39 is 16.7 Å². The van der Waals surface area contributed by atoms with Crippen molar-refractivity contribution in [3.8, 4) is 0 Å². The van der Waals surface area contributed by atoms with Crippen molar-refractivity contribution < 1.29 is 18.4 Å². The maximum absolute atomic E-state index is 14.4.